The maximum atomic E-state index is 12.2. The summed E-state index contributed by atoms with van der Waals surface area (Å²) in [7, 11) is 0. The Balaban J connectivity index is 1.91. The first kappa shape index (κ1) is 13.1. The number of anilines is 1. The summed E-state index contributed by atoms with van der Waals surface area (Å²) in [6, 6.07) is 0. The maximum absolute atomic E-state index is 12.2. The summed E-state index contributed by atoms with van der Waals surface area (Å²) in [6.45, 7) is 3.84. The van der Waals surface area contributed by atoms with Gasteiger partial charge in [-0.1, -0.05) is 11.6 Å². The molecule has 0 aromatic carbocycles. The molecule has 0 fully saturated rings. The maximum Gasteiger partial charge on any atom is 0.256 e. The van der Waals surface area contributed by atoms with Crippen LogP contribution in [0.5, 0.6) is 0 Å². The molecule has 20 heavy (non-hydrogen) atoms. The minimum Gasteiger partial charge on any atom is -0.335 e. The van der Waals surface area contributed by atoms with Crippen molar-refractivity contribution in [2.45, 2.75) is 26.4 Å². The summed E-state index contributed by atoms with van der Waals surface area (Å²) in [5.41, 5.74) is 1.68. The van der Waals surface area contributed by atoms with Crippen LogP contribution in [-0.4, -0.2) is 26.1 Å². The van der Waals surface area contributed by atoms with Crippen LogP contribution in [0.1, 0.15) is 18.2 Å². The van der Waals surface area contributed by atoms with Crippen LogP contribution in [-0.2, 0) is 19.5 Å². The van der Waals surface area contributed by atoms with Crippen LogP contribution in [0.4, 0.5) is 5.95 Å². The molecular formula is C13H14ClN5O. The van der Waals surface area contributed by atoms with Crippen LogP contribution < -0.4 is 10.5 Å². The lowest BCUT2D eigenvalue weighted by atomic mass is 10.1. The molecule has 0 unspecified atom stereocenters. The van der Waals surface area contributed by atoms with E-state index in [0.29, 0.717) is 37.0 Å². The van der Waals surface area contributed by atoms with E-state index in [0.717, 1.165) is 11.3 Å². The average Bonchev–Trinajstić information content (AvgIpc) is 2.48. The zero-order chi connectivity index (χ0) is 14.1. The monoisotopic (exact) mass is 291 g/mol. The second-order valence-electron chi connectivity index (χ2n) is 4.63. The van der Waals surface area contributed by atoms with Gasteiger partial charge in [0.15, 0.2) is 0 Å². The fraction of sp³-hybridized carbons (Fsp3) is 0.385. The van der Waals surface area contributed by atoms with Gasteiger partial charge in [-0.15, -0.1) is 0 Å². The van der Waals surface area contributed by atoms with Crippen molar-refractivity contribution in [3.63, 3.8) is 0 Å². The molecule has 3 rings (SSSR count). The molecule has 7 heteroatoms. The van der Waals surface area contributed by atoms with E-state index in [1.807, 2.05) is 11.8 Å². The lowest BCUT2D eigenvalue weighted by molar-refractivity contribution is 0.630. The van der Waals surface area contributed by atoms with Gasteiger partial charge in [0.25, 0.3) is 5.56 Å². The van der Waals surface area contributed by atoms with Gasteiger partial charge < -0.3 is 4.90 Å². The first-order valence-corrected chi connectivity index (χ1v) is 6.86. The topological polar surface area (TPSA) is 63.9 Å². The minimum atomic E-state index is 0.0641. The zero-order valence-corrected chi connectivity index (χ0v) is 11.8. The molecule has 1 aliphatic rings. The third-order valence-electron chi connectivity index (χ3n) is 3.42. The van der Waals surface area contributed by atoms with E-state index < -0.39 is 0 Å². The summed E-state index contributed by atoms with van der Waals surface area (Å²) in [5.74, 6) is 0.613. The third-order valence-corrected chi connectivity index (χ3v) is 3.62. The van der Waals surface area contributed by atoms with Crippen molar-refractivity contribution in [2.75, 3.05) is 11.4 Å². The molecule has 1 aliphatic heterocycles. The molecule has 0 radical (unpaired) electrons. The van der Waals surface area contributed by atoms with Gasteiger partial charge in [-0.25, -0.2) is 15.0 Å². The van der Waals surface area contributed by atoms with E-state index in [-0.39, 0.29) is 5.56 Å². The van der Waals surface area contributed by atoms with E-state index in [1.165, 1.54) is 0 Å². The molecule has 104 valence electrons. The van der Waals surface area contributed by atoms with Crippen molar-refractivity contribution in [1.29, 1.82) is 0 Å². The Morgan fingerprint density at radius 3 is 2.75 bits per heavy atom. The lowest BCUT2D eigenvalue weighted by Crippen LogP contribution is -2.37. The van der Waals surface area contributed by atoms with Gasteiger partial charge in [0, 0.05) is 18.7 Å². The van der Waals surface area contributed by atoms with E-state index in [1.54, 1.807) is 23.3 Å². The van der Waals surface area contributed by atoms with E-state index in [9.17, 15) is 4.79 Å². The molecule has 0 saturated carbocycles. The first-order valence-electron chi connectivity index (χ1n) is 6.48. The molecule has 0 atom stereocenters. The van der Waals surface area contributed by atoms with Gasteiger partial charge in [-0.2, -0.15) is 0 Å². The SMILES string of the molecule is CCn1cnc2c(c1=O)CCN(c1ncc(Cl)cn1)C2. The number of aryl methyl sites for hydroxylation is 1. The third kappa shape index (κ3) is 2.27. The largest absolute Gasteiger partial charge is 0.335 e. The smallest absolute Gasteiger partial charge is 0.256 e. The quantitative estimate of drug-likeness (QED) is 0.834. The molecule has 3 heterocycles. The van der Waals surface area contributed by atoms with Gasteiger partial charge in [0.1, 0.15) is 0 Å². The molecule has 2 aromatic rings. The van der Waals surface area contributed by atoms with Crippen molar-refractivity contribution in [2.24, 2.45) is 0 Å². The number of halogens is 1. The first-order chi connectivity index (χ1) is 9.69. The number of rotatable bonds is 2. The number of nitrogens with zero attached hydrogens (tertiary/aromatic N) is 5. The second-order valence-corrected chi connectivity index (χ2v) is 5.07. The van der Waals surface area contributed by atoms with Crippen molar-refractivity contribution in [1.82, 2.24) is 19.5 Å². The van der Waals surface area contributed by atoms with Crippen molar-refractivity contribution < 1.29 is 0 Å². The Hall–Kier alpha value is -1.95. The summed E-state index contributed by atoms with van der Waals surface area (Å²) >= 11 is 5.79. The number of aromatic nitrogens is 4. The normalized spacial score (nSPS) is 14.2. The van der Waals surface area contributed by atoms with E-state index >= 15 is 0 Å². The Bertz CT molecular complexity index is 682. The van der Waals surface area contributed by atoms with Crippen LogP contribution in [0, 0.1) is 0 Å². The van der Waals surface area contributed by atoms with Gasteiger partial charge >= 0.3 is 0 Å². The van der Waals surface area contributed by atoms with Crippen LogP contribution in [0.2, 0.25) is 5.02 Å². The minimum absolute atomic E-state index is 0.0641. The molecule has 6 nitrogen and oxygen atoms in total. The molecule has 0 bridgehead atoms. The van der Waals surface area contributed by atoms with E-state index in [4.69, 9.17) is 11.6 Å². The number of fused-ring (bicyclic) bond motifs is 1. The summed E-state index contributed by atoms with van der Waals surface area (Å²) in [4.78, 5) is 27.0. The highest BCUT2D eigenvalue weighted by Gasteiger charge is 2.22. The highest BCUT2D eigenvalue weighted by Crippen LogP contribution is 2.18. The van der Waals surface area contributed by atoms with Crippen molar-refractivity contribution in [3.05, 3.63) is 45.4 Å². The summed E-state index contributed by atoms with van der Waals surface area (Å²) in [6.07, 6.45) is 5.41. The average molecular weight is 292 g/mol. The molecular weight excluding hydrogens is 278 g/mol. The van der Waals surface area contributed by atoms with Crippen molar-refractivity contribution >= 4 is 17.5 Å². The highest BCUT2D eigenvalue weighted by atomic mass is 35.5. The van der Waals surface area contributed by atoms with Gasteiger partial charge in [0.2, 0.25) is 5.95 Å². The fourth-order valence-electron chi connectivity index (χ4n) is 2.33. The standard InChI is InChI=1S/C13H14ClN5O/c1-2-18-8-17-11-7-19(4-3-10(11)12(18)20)13-15-5-9(14)6-16-13/h5-6,8H,2-4,7H2,1H3. The molecule has 0 spiro atoms. The lowest BCUT2D eigenvalue weighted by Gasteiger charge is -2.27. The summed E-state index contributed by atoms with van der Waals surface area (Å²) < 4.78 is 1.63. The van der Waals surface area contributed by atoms with E-state index in [2.05, 4.69) is 15.0 Å². The Labute approximate surface area is 121 Å². The van der Waals surface area contributed by atoms with Crippen molar-refractivity contribution in [3.8, 4) is 0 Å². The summed E-state index contributed by atoms with van der Waals surface area (Å²) in [5, 5.41) is 0.509. The zero-order valence-electron chi connectivity index (χ0n) is 11.1. The molecule has 2 aromatic heterocycles. The molecule has 0 saturated heterocycles. The van der Waals surface area contributed by atoms with Crippen LogP contribution >= 0.6 is 11.6 Å². The fourth-order valence-corrected chi connectivity index (χ4v) is 2.42. The van der Waals surface area contributed by atoms with Crippen LogP contribution in [0.3, 0.4) is 0 Å². The number of hydrogen-bond acceptors (Lipinski definition) is 5. The Morgan fingerprint density at radius 1 is 1.30 bits per heavy atom. The highest BCUT2D eigenvalue weighted by molar-refractivity contribution is 6.30. The van der Waals surface area contributed by atoms with Gasteiger partial charge in [-0.05, 0) is 13.3 Å². The van der Waals surface area contributed by atoms with Crippen LogP contribution in [0.25, 0.3) is 0 Å². The molecule has 0 N–H and O–H groups in total. The molecule has 0 amide bonds. The second kappa shape index (κ2) is 5.20. The predicted molar refractivity (Wildman–Crippen MR) is 76.0 cm³/mol. The van der Waals surface area contributed by atoms with Crippen LogP contribution in [0.15, 0.2) is 23.5 Å². The molecule has 0 aliphatic carbocycles. The predicted octanol–water partition coefficient (Wildman–Crippen LogP) is 1.27. The Kier molecular flexibility index (Phi) is 3.40. The van der Waals surface area contributed by atoms with Gasteiger partial charge in [-0.3, -0.25) is 9.36 Å². The Morgan fingerprint density at radius 2 is 2.05 bits per heavy atom. The van der Waals surface area contributed by atoms with Gasteiger partial charge in [0.05, 0.1) is 36.0 Å². The number of hydrogen-bond donors (Lipinski definition) is 0.